The third-order valence-corrected chi connectivity index (χ3v) is 3.65. The Morgan fingerprint density at radius 2 is 2.17 bits per heavy atom. The van der Waals surface area contributed by atoms with Gasteiger partial charge in [-0.1, -0.05) is 6.07 Å². The summed E-state index contributed by atoms with van der Waals surface area (Å²) < 4.78 is 0. The highest BCUT2D eigenvalue weighted by Gasteiger charge is 2.16. The molecule has 6 heteroatoms. The van der Waals surface area contributed by atoms with Crippen LogP contribution in [0.1, 0.15) is 40.4 Å². The Morgan fingerprint density at radius 3 is 2.96 bits per heavy atom. The number of hydrogen-bond acceptors (Lipinski definition) is 4. The highest BCUT2D eigenvalue weighted by molar-refractivity contribution is 5.92. The average Bonchev–Trinajstić information content (AvgIpc) is 2.98. The van der Waals surface area contributed by atoms with E-state index in [1.54, 1.807) is 12.1 Å². The van der Waals surface area contributed by atoms with Crippen LogP contribution in [0.2, 0.25) is 0 Å². The first-order valence-corrected chi connectivity index (χ1v) is 7.40. The van der Waals surface area contributed by atoms with Crippen LogP contribution in [-0.2, 0) is 6.61 Å². The van der Waals surface area contributed by atoms with Crippen LogP contribution in [0.4, 0.5) is 0 Å². The number of benzene rings is 1. The topological polar surface area (TPSA) is 90.9 Å². The fourth-order valence-corrected chi connectivity index (χ4v) is 2.38. The minimum absolute atomic E-state index is 0.124. The molecule has 0 fully saturated rings. The van der Waals surface area contributed by atoms with E-state index in [9.17, 15) is 4.79 Å². The van der Waals surface area contributed by atoms with Crippen molar-refractivity contribution < 1.29 is 9.90 Å². The summed E-state index contributed by atoms with van der Waals surface area (Å²) in [6, 6.07) is 8.93. The summed E-state index contributed by atoms with van der Waals surface area (Å²) >= 11 is 0. The van der Waals surface area contributed by atoms with Gasteiger partial charge in [0.1, 0.15) is 11.5 Å². The first-order valence-electron chi connectivity index (χ1n) is 7.40. The van der Waals surface area contributed by atoms with E-state index < -0.39 is 0 Å². The highest BCUT2D eigenvalue weighted by Crippen LogP contribution is 2.17. The number of H-pyrrole nitrogens is 1. The van der Waals surface area contributed by atoms with E-state index in [1.165, 1.54) is 6.20 Å². The van der Waals surface area contributed by atoms with Crippen molar-refractivity contribution in [1.82, 2.24) is 20.3 Å². The number of aliphatic hydroxyl groups excluding tert-OH is 1. The summed E-state index contributed by atoms with van der Waals surface area (Å²) in [4.78, 5) is 24.0. The number of nitrogens with zero attached hydrogens (tertiary/aromatic N) is 2. The van der Waals surface area contributed by atoms with Gasteiger partial charge >= 0.3 is 0 Å². The third-order valence-electron chi connectivity index (χ3n) is 3.65. The van der Waals surface area contributed by atoms with Gasteiger partial charge in [-0.15, -0.1) is 0 Å². The molecule has 0 saturated heterocycles. The molecular weight excluding hydrogens is 292 g/mol. The number of carbonyl (C=O) groups is 1. The van der Waals surface area contributed by atoms with Crippen LogP contribution in [0.5, 0.6) is 0 Å². The fourth-order valence-electron chi connectivity index (χ4n) is 2.38. The van der Waals surface area contributed by atoms with Gasteiger partial charge in [0, 0.05) is 6.20 Å². The molecule has 3 N–H and O–H groups in total. The Morgan fingerprint density at radius 1 is 1.35 bits per heavy atom. The van der Waals surface area contributed by atoms with Crippen LogP contribution in [0.3, 0.4) is 0 Å². The molecular formula is C17H18N4O2. The van der Waals surface area contributed by atoms with Crippen LogP contribution in [-0.4, -0.2) is 26.0 Å². The van der Waals surface area contributed by atoms with Gasteiger partial charge in [-0.3, -0.25) is 9.78 Å². The van der Waals surface area contributed by atoms with Crippen LogP contribution >= 0.6 is 0 Å². The van der Waals surface area contributed by atoms with Gasteiger partial charge in [0.2, 0.25) is 0 Å². The standard InChI is InChI=1S/C17H18N4O2/c1-10-3-4-13-14(7-10)21-16(20-13)11(2)19-17(23)15-8-12(9-22)5-6-18-15/h3-8,11,22H,9H2,1-2H3,(H,19,23)(H,20,21). The monoisotopic (exact) mass is 310 g/mol. The summed E-state index contributed by atoms with van der Waals surface area (Å²) in [5, 5.41) is 12.0. The minimum atomic E-state index is -0.301. The predicted molar refractivity (Wildman–Crippen MR) is 86.9 cm³/mol. The number of imidazole rings is 1. The van der Waals surface area contributed by atoms with Crippen molar-refractivity contribution in [2.75, 3.05) is 0 Å². The zero-order valence-electron chi connectivity index (χ0n) is 13.0. The average molecular weight is 310 g/mol. The van der Waals surface area contributed by atoms with Crippen molar-refractivity contribution in [2.24, 2.45) is 0 Å². The Kier molecular flexibility index (Phi) is 4.08. The number of carbonyl (C=O) groups excluding carboxylic acids is 1. The molecule has 1 unspecified atom stereocenters. The maximum Gasteiger partial charge on any atom is 0.270 e. The van der Waals surface area contributed by atoms with Crippen LogP contribution in [0.25, 0.3) is 11.0 Å². The maximum atomic E-state index is 12.3. The van der Waals surface area contributed by atoms with Gasteiger partial charge in [0.15, 0.2) is 0 Å². The SMILES string of the molecule is Cc1ccc2nc(C(C)NC(=O)c3cc(CO)ccn3)[nH]c2c1. The molecule has 3 aromatic rings. The Bertz CT molecular complexity index is 857. The van der Waals surface area contributed by atoms with Crippen molar-refractivity contribution in [2.45, 2.75) is 26.5 Å². The quantitative estimate of drug-likeness (QED) is 0.689. The second kappa shape index (κ2) is 6.18. The summed E-state index contributed by atoms with van der Waals surface area (Å²) in [5.41, 5.74) is 3.88. The molecule has 0 aliphatic carbocycles. The van der Waals surface area contributed by atoms with Gasteiger partial charge in [-0.2, -0.15) is 0 Å². The van der Waals surface area contributed by atoms with Gasteiger partial charge in [-0.25, -0.2) is 4.98 Å². The number of aromatic amines is 1. The lowest BCUT2D eigenvalue weighted by Gasteiger charge is -2.11. The number of fused-ring (bicyclic) bond motifs is 1. The van der Waals surface area contributed by atoms with Crippen molar-refractivity contribution in [3.05, 3.63) is 59.2 Å². The summed E-state index contributed by atoms with van der Waals surface area (Å²) in [7, 11) is 0. The fraction of sp³-hybridized carbons (Fsp3) is 0.235. The Hall–Kier alpha value is -2.73. The molecule has 0 aliphatic heterocycles. The number of nitrogens with one attached hydrogen (secondary N) is 2. The summed E-state index contributed by atoms with van der Waals surface area (Å²) in [6.45, 7) is 3.75. The molecule has 3 rings (SSSR count). The summed E-state index contributed by atoms with van der Waals surface area (Å²) in [6.07, 6.45) is 1.51. The molecule has 0 spiro atoms. The van der Waals surface area contributed by atoms with Gasteiger partial charge in [0.05, 0.1) is 23.7 Å². The number of aryl methyl sites for hydroxylation is 1. The first-order chi connectivity index (χ1) is 11.1. The lowest BCUT2D eigenvalue weighted by molar-refractivity contribution is 0.0933. The van der Waals surface area contributed by atoms with Crippen LogP contribution < -0.4 is 5.32 Å². The third kappa shape index (κ3) is 3.22. The molecule has 23 heavy (non-hydrogen) atoms. The summed E-state index contributed by atoms with van der Waals surface area (Å²) in [5.74, 6) is 0.390. The lowest BCUT2D eigenvalue weighted by atomic mass is 10.2. The largest absolute Gasteiger partial charge is 0.392 e. The smallest absolute Gasteiger partial charge is 0.270 e. The molecule has 0 radical (unpaired) electrons. The van der Waals surface area contributed by atoms with E-state index in [0.717, 1.165) is 16.6 Å². The van der Waals surface area contributed by atoms with Gasteiger partial charge < -0.3 is 15.4 Å². The van der Waals surface area contributed by atoms with Gasteiger partial charge in [0.25, 0.3) is 5.91 Å². The minimum Gasteiger partial charge on any atom is -0.392 e. The molecule has 118 valence electrons. The van der Waals surface area contributed by atoms with Crippen molar-refractivity contribution in [1.29, 1.82) is 0 Å². The number of amides is 1. The molecule has 0 aliphatic rings. The van der Waals surface area contributed by atoms with Crippen LogP contribution in [0.15, 0.2) is 36.5 Å². The molecule has 1 aromatic carbocycles. The highest BCUT2D eigenvalue weighted by atomic mass is 16.3. The molecule has 2 aromatic heterocycles. The van der Waals surface area contributed by atoms with E-state index in [0.29, 0.717) is 11.4 Å². The normalized spacial score (nSPS) is 12.3. The van der Waals surface area contributed by atoms with Crippen molar-refractivity contribution in [3.63, 3.8) is 0 Å². The van der Waals surface area contributed by atoms with Crippen molar-refractivity contribution >= 4 is 16.9 Å². The molecule has 0 saturated carbocycles. The number of pyridine rings is 1. The van der Waals surface area contributed by atoms with E-state index >= 15 is 0 Å². The predicted octanol–water partition coefficient (Wildman–Crippen LogP) is 2.25. The molecule has 1 atom stereocenters. The van der Waals surface area contributed by atoms with Crippen LogP contribution in [0, 0.1) is 6.92 Å². The molecule has 6 nitrogen and oxygen atoms in total. The van der Waals surface area contributed by atoms with E-state index in [1.807, 2.05) is 32.0 Å². The van der Waals surface area contributed by atoms with Gasteiger partial charge in [-0.05, 0) is 49.2 Å². The Balaban J connectivity index is 1.79. The molecule has 2 heterocycles. The zero-order chi connectivity index (χ0) is 16.4. The maximum absolute atomic E-state index is 12.3. The lowest BCUT2D eigenvalue weighted by Crippen LogP contribution is -2.28. The first kappa shape index (κ1) is 15.2. The second-order valence-corrected chi connectivity index (χ2v) is 5.55. The number of hydrogen-bond donors (Lipinski definition) is 3. The van der Waals surface area contributed by atoms with E-state index in [2.05, 4.69) is 20.3 Å². The van der Waals surface area contributed by atoms with E-state index in [-0.39, 0.29) is 24.2 Å². The van der Waals surface area contributed by atoms with E-state index in [4.69, 9.17) is 5.11 Å². The zero-order valence-corrected chi connectivity index (χ0v) is 13.0. The second-order valence-electron chi connectivity index (χ2n) is 5.55. The Labute approximate surface area is 133 Å². The number of rotatable bonds is 4. The molecule has 1 amide bonds. The molecule has 0 bridgehead atoms. The van der Waals surface area contributed by atoms with Crippen molar-refractivity contribution in [3.8, 4) is 0 Å². The number of aromatic nitrogens is 3. The number of aliphatic hydroxyl groups is 1.